The minimum absolute atomic E-state index is 0.151. The van der Waals surface area contributed by atoms with Crippen LogP contribution in [0.5, 0.6) is 0 Å². The van der Waals surface area contributed by atoms with Crippen LogP contribution in [0.25, 0.3) is 0 Å². The molecule has 0 saturated carbocycles. The van der Waals surface area contributed by atoms with Crippen LogP contribution in [-0.2, 0) is 21.4 Å². The Morgan fingerprint density at radius 3 is 2.76 bits per heavy atom. The normalized spacial score (nSPS) is 11.3. The molecule has 0 aliphatic rings. The van der Waals surface area contributed by atoms with Crippen molar-refractivity contribution >= 4 is 32.4 Å². The van der Waals surface area contributed by atoms with E-state index in [4.69, 9.17) is 0 Å². The highest BCUT2D eigenvalue weighted by Crippen LogP contribution is 2.19. The van der Waals surface area contributed by atoms with Crippen molar-refractivity contribution in [3.05, 3.63) is 35.4 Å². The molecule has 2 aromatic rings. The number of rotatable bonds is 5. The summed E-state index contributed by atoms with van der Waals surface area (Å²) in [5.41, 5.74) is 1.90. The van der Waals surface area contributed by atoms with Gasteiger partial charge in [0.1, 0.15) is 0 Å². The smallest absolute Gasteiger partial charge is 0.270 e. The first kappa shape index (κ1) is 15.5. The molecule has 0 radical (unpaired) electrons. The number of carbonyl (C=O) groups excluding carboxylic acids is 1. The number of sulfonamides is 1. The topological polar surface area (TPSA) is 101 Å². The zero-order valence-corrected chi connectivity index (χ0v) is 13.1. The maximum atomic E-state index is 12.1. The Balaban J connectivity index is 2.08. The van der Waals surface area contributed by atoms with Crippen molar-refractivity contribution in [2.75, 3.05) is 5.32 Å². The number of carbonyl (C=O) groups is 1. The number of benzene rings is 1. The molecule has 1 aromatic heterocycles. The number of amides is 1. The summed E-state index contributed by atoms with van der Waals surface area (Å²) in [6.45, 7) is 3.41. The van der Waals surface area contributed by atoms with Crippen molar-refractivity contribution in [1.29, 1.82) is 0 Å². The zero-order valence-electron chi connectivity index (χ0n) is 11.5. The third-order valence-electron chi connectivity index (χ3n) is 2.47. The largest absolute Gasteiger partial charge is 0.301 e. The number of nitrogens with one attached hydrogen (secondary N) is 2. The van der Waals surface area contributed by atoms with Crippen molar-refractivity contribution in [1.82, 2.24) is 14.9 Å². The van der Waals surface area contributed by atoms with Crippen molar-refractivity contribution in [3.63, 3.8) is 0 Å². The molecule has 0 aliphatic carbocycles. The summed E-state index contributed by atoms with van der Waals surface area (Å²) in [7, 11) is -3.74. The third kappa shape index (κ3) is 4.31. The number of hydrogen-bond acceptors (Lipinski definition) is 6. The summed E-state index contributed by atoms with van der Waals surface area (Å²) in [6.07, 6.45) is 0. The molecule has 2 N–H and O–H groups in total. The van der Waals surface area contributed by atoms with E-state index in [1.807, 2.05) is 31.2 Å². The lowest BCUT2D eigenvalue weighted by Crippen LogP contribution is -2.23. The molecule has 0 fully saturated rings. The first-order valence-corrected chi connectivity index (χ1v) is 8.33. The molecule has 1 aromatic carbocycles. The number of aromatic nitrogens is 2. The van der Waals surface area contributed by atoms with Gasteiger partial charge < -0.3 is 5.32 Å². The molecule has 2 rings (SSSR count). The van der Waals surface area contributed by atoms with Crippen LogP contribution < -0.4 is 10.0 Å². The fraction of sp³-hybridized carbons (Fsp3) is 0.250. The summed E-state index contributed by atoms with van der Waals surface area (Å²) in [4.78, 5) is 10.9. The molecule has 9 heteroatoms. The van der Waals surface area contributed by atoms with E-state index in [1.54, 1.807) is 0 Å². The lowest BCUT2D eigenvalue weighted by molar-refractivity contribution is -0.114. The standard InChI is InChI=1S/C12H14N4O3S2/c1-8-4-3-5-10(6-8)7-13-21(18,19)12-16-15-11(20-12)14-9(2)17/h3-6,13H,7H2,1-2H3,(H,14,15,17). The van der Waals surface area contributed by atoms with Crippen molar-refractivity contribution in [2.24, 2.45) is 0 Å². The van der Waals surface area contributed by atoms with Gasteiger partial charge in [0.25, 0.3) is 10.0 Å². The molecular formula is C12H14N4O3S2. The maximum Gasteiger partial charge on any atom is 0.270 e. The second-order valence-corrected chi connectivity index (χ2v) is 7.29. The van der Waals surface area contributed by atoms with Gasteiger partial charge in [-0.1, -0.05) is 41.2 Å². The molecule has 7 nitrogen and oxygen atoms in total. The molecule has 112 valence electrons. The van der Waals surface area contributed by atoms with Crippen LogP contribution >= 0.6 is 11.3 Å². The quantitative estimate of drug-likeness (QED) is 0.806. The third-order valence-corrected chi connectivity index (χ3v) is 5.08. The van der Waals surface area contributed by atoms with Crippen LogP contribution in [0.4, 0.5) is 5.13 Å². The second kappa shape index (κ2) is 6.29. The van der Waals surface area contributed by atoms with Crippen LogP contribution in [-0.4, -0.2) is 24.5 Å². The van der Waals surface area contributed by atoms with E-state index in [0.717, 1.165) is 22.5 Å². The molecule has 0 saturated heterocycles. The second-order valence-electron chi connectivity index (χ2n) is 4.37. The Labute approximate surface area is 126 Å². The van der Waals surface area contributed by atoms with Gasteiger partial charge in [0, 0.05) is 13.5 Å². The molecule has 0 bridgehead atoms. The Bertz CT molecular complexity index is 755. The van der Waals surface area contributed by atoms with E-state index >= 15 is 0 Å². The predicted octanol–water partition coefficient (Wildman–Crippen LogP) is 1.28. The monoisotopic (exact) mass is 326 g/mol. The fourth-order valence-corrected chi connectivity index (χ4v) is 3.59. The molecular weight excluding hydrogens is 312 g/mol. The van der Waals surface area contributed by atoms with Crippen molar-refractivity contribution in [3.8, 4) is 0 Å². The SMILES string of the molecule is CC(=O)Nc1nnc(S(=O)(=O)NCc2cccc(C)c2)s1. The molecule has 1 amide bonds. The van der Waals surface area contributed by atoms with E-state index in [2.05, 4.69) is 20.2 Å². The first-order chi connectivity index (χ1) is 9.87. The van der Waals surface area contributed by atoms with E-state index in [1.165, 1.54) is 6.92 Å². The fourth-order valence-electron chi connectivity index (χ4n) is 1.58. The van der Waals surface area contributed by atoms with Gasteiger partial charge in [-0.2, -0.15) is 0 Å². The molecule has 0 unspecified atom stereocenters. The summed E-state index contributed by atoms with van der Waals surface area (Å²) >= 11 is 0.802. The van der Waals surface area contributed by atoms with E-state index < -0.39 is 10.0 Å². The van der Waals surface area contributed by atoms with E-state index in [0.29, 0.717) is 0 Å². The highest BCUT2D eigenvalue weighted by molar-refractivity contribution is 7.91. The van der Waals surface area contributed by atoms with Crippen LogP contribution in [0.1, 0.15) is 18.1 Å². The Hall–Kier alpha value is -1.84. The summed E-state index contributed by atoms with van der Waals surface area (Å²) < 4.78 is 26.4. The average molecular weight is 326 g/mol. The zero-order chi connectivity index (χ0) is 15.5. The van der Waals surface area contributed by atoms with Gasteiger partial charge in [0.15, 0.2) is 0 Å². The lowest BCUT2D eigenvalue weighted by Gasteiger charge is -2.04. The van der Waals surface area contributed by atoms with Gasteiger partial charge in [-0.3, -0.25) is 4.79 Å². The molecule has 1 heterocycles. The Kier molecular flexibility index (Phi) is 4.66. The highest BCUT2D eigenvalue weighted by Gasteiger charge is 2.20. The van der Waals surface area contributed by atoms with E-state index in [9.17, 15) is 13.2 Å². The summed E-state index contributed by atoms with van der Waals surface area (Å²) in [6, 6.07) is 7.52. The number of nitrogens with zero attached hydrogens (tertiary/aromatic N) is 2. The molecule has 0 spiro atoms. The van der Waals surface area contributed by atoms with Crippen molar-refractivity contribution < 1.29 is 13.2 Å². The summed E-state index contributed by atoms with van der Waals surface area (Å²) in [5, 5.41) is 9.73. The van der Waals surface area contributed by atoms with Gasteiger partial charge in [-0.15, -0.1) is 10.2 Å². The van der Waals surface area contributed by atoms with Crippen LogP contribution in [0.3, 0.4) is 0 Å². The number of hydrogen-bond donors (Lipinski definition) is 2. The van der Waals surface area contributed by atoms with Crippen LogP contribution in [0.2, 0.25) is 0 Å². The first-order valence-electron chi connectivity index (χ1n) is 6.03. The van der Waals surface area contributed by atoms with Gasteiger partial charge in [-0.05, 0) is 12.5 Å². The summed E-state index contributed by atoms with van der Waals surface area (Å²) in [5.74, 6) is -0.331. The lowest BCUT2D eigenvalue weighted by atomic mass is 10.1. The Morgan fingerprint density at radius 2 is 2.10 bits per heavy atom. The minimum atomic E-state index is -3.74. The molecule has 0 aliphatic heterocycles. The number of aryl methyl sites for hydroxylation is 1. The maximum absolute atomic E-state index is 12.1. The van der Waals surface area contributed by atoms with Crippen LogP contribution in [0, 0.1) is 6.92 Å². The van der Waals surface area contributed by atoms with Gasteiger partial charge in [-0.25, -0.2) is 13.1 Å². The predicted molar refractivity (Wildman–Crippen MR) is 79.4 cm³/mol. The number of anilines is 1. The van der Waals surface area contributed by atoms with Crippen molar-refractivity contribution in [2.45, 2.75) is 24.7 Å². The highest BCUT2D eigenvalue weighted by atomic mass is 32.2. The molecule has 21 heavy (non-hydrogen) atoms. The van der Waals surface area contributed by atoms with Gasteiger partial charge >= 0.3 is 0 Å². The Morgan fingerprint density at radius 1 is 1.33 bits per heavy atom. The van der Waals surface area contributed by atoms with Gasteiger partial charge in [0.2, 0.25) is 15.4 Å². The average Bonchev–Trinajstić information content (AvgIpc) is 2.85. The molecule has 0 atom stereocenters. The van der Waals surface area contributed by atoms with Crippen LogP contribution in [0.15, 0.2) is 28.6 Å². The minimum Gasteiger partial charge on any atom is -0.301 e. The van der Waals surface area contributed by atoms with E-state index in [-0.39, 0.29) is 21.9 Å². The van der Waals surface area contributed by atoms with Gasteiger partial charge in [0.05, 0.1) is 0 Å².